The molecule has 4 heteroatoms. The van der Waals surface area contributed by atoms with Crippen molar-refractivity contribution in [1.29, 1.82) is 0 Å². The van der Waals surface area contributed by atoms with Crippen molar-refractivity contribution in [2.24, 2.45) is 0 Å². The molecule has 0 saturated heterocycles. The van der Waals surface area contributed by atoms with E-state index < -0.39 is 0 Å². The molecular formula is C19H22N2OS. The predicted octanol–water partition coefficient (Wildman–Crippen LogP) is 4.04. The third-order valence-electron chi connectivity index (χ3n) is 4.30. The van der Waals surface area contributed by atoms with Crippen molar-refractivity contribution in [2.45, 2.75) is 44.3 Å². The molecule has 23 heavy (non-hydrogen) atoms. The van der Waals surface area contributed by atoms with Crippen LogP contribution in [0.2, 0.25) is 0 Å². The summed E-state index contributed by atoms with van der Waals surface area (Å²) in [5.74, 6) is 0.882. The van der Waals surface area contributed by atoms with Crippen molar-refractivity contribution in [1.82, 2.24) is 9.55 Å². The number of aromatic nitrogens is 2. The first kappa shape index (κ1) is 16.1. The Morgan fingerprint density at radius 1 is 1.39 bits per heavy atom. The fourth-order valence-corrected chi connectivity index (χ4v) is 4.07. The van der Waals surface area contributed by atoms with E-state index in [1.54, 1.807) is 22.4 Å². The molecule has 0 N–H and O–H groups in total. The molecular weight excluding hydrogens is 304 g/mol. The van der Waals surface area contributed by atoms with Crippen LogP contribution < -0.4 is 5.56 Å². The minimum Gasteiger partial charge on any atom is -0.283 e. The zero-order chi connectivity index (χ0) is 16.6. The molecule has 0 fully saturated rings. The smallest absolute Gasteiger partial charge is 0.258 e. The maximum absolute atomic E-state index is 13.2. The molecule has 0 saturated carbocycles. The summed E-state index contributed by atoms with van der Waals surface area (Å²) in [7, 11) is 0. The van der Waals surface area contributed by atoms with Crippen molar-refractivity contribution in [3.8, 4) is 11.3 Å². The lowest BCUT2D eigenvalue weighted by atomic mass is 9.72. The normalized spacial score (nSPS) is 14.9. The second-order valence-corrected chi connectivity index (χ2v) is 7.70. The SMILES string of the molecule is C=CCn1c(SCC)nc2c(c1=O)C(C)(C)Cc1ccccc1-2. The molecule has 1 aliphatic rings. The molecule has 0 bridgehead atoms. The van der Waals surface area contributed by atoms with Crippen LogP contribution in [-0.2, 0) is 18.4 Å². The zero-order valence-corrected chi connectivity index (χ0v) is 14.7. The fraction of sp³-hybridized carbons (Fsp3) is 0.368. The third-order valence-corrected chi connectivity index (χ3v) is 5.16. The first-order valence-electron chi connectivity index (χ1n) is 7.97. The van der Waals surface area contributed by atoms with E-state index in [-0.39, 0.29) is 11.0 Å². The van der Waals surface area contributed by atoms with Gasteiger partial charge in [-0.1, -0.05) is 62.9 Å². The van der Waals surface area contributed by atoms with Crippen molar-refractivity contribution >= 4 is 11.8 Å². The van der Waals surface area contributed by atoms with Crippen LogP contribution in [0.4, 0.5) is 0 Å². The molecule has 3 rings (SSSR count). The van der Waals surface area contributed by atoms with Crippen LogP contribution in [0.5, 0.6) is 0 Å². The zero-order valence-electron chi connectivity index (χ0n) is 13.9. The topological polar surface area (TPSA) is 34.9 Å². The van der Waals surface area contributed by atoms with Crippen LogP contribution in [0.15, 0.2) is 46.9 Å². The van der Waals surface area contributed by atoms with Gasteiger partial charge >= 0.3 is 0 Å². The molecule has 1 aromatic carbocycles. The van der Waals surface area contributed by atoms with Crippen LogP contribution in [0.1, 0.15) is 31.9 Å². The Hall–Kier alpha value is -1.81. The molecule has 0 spiro atoms. The van der Waals surface area contributed by atoms with Gasteiger partial charge in [-0.15, -0.1) is 6.58 Å². The van der Waals surface area contributed by atoms with Gasteiger partial charge in [0.1, 0.15) is 0 Å². The van der Waals surface area contributed by atoms with Crippen molar-refractivity contribution in [3.63, 3.8) is 0 Å². The summed E-state index contributed by atoms with van der Waals surface area (Å²) in [5.41, 5.74) is 3.92. The van der Waals surface area contributed by atoms with E-state index in [0.29, 0.717) is 6.54 Å². The lowest BCUT2D eigenvalue weighted by Gasteiger charge is -2.33. The summed E-state index contributed by atoms with van der Waals surface area (Å²) in [6.07, 6.45) is 2.63. The van der Waals surface area contributed by atoms with Gasteiger partial charge in [0.05, 0.1) is 5.69 Å². The van der Waals surface area contributed by atoms with E-state index in [1.807, 2.05) is 6.07 Å². The van der Waals surface area contributed by atoms with Gasteiger partial charge in [-0.3, -0.25) is 9.36 Å². The molecule has 0 unspecified atom stereocenters. The van der Waals surface area contributed by atoms with Gasteiger partial charge in [-0.25, -0.2) is 4.98 Å². The van der Waals surface area contributed by atoms with Gasteiger partial charge in [0.15, 0.2) is 5.16 Å². The largest absolute Gasteiger partial charge is 0.283 e. The Morgan fingerprint density at radius 2 is 2.13 bits per heavy atom. The summed E-state index contributed by atoms with van der Waals surface area (Å²) < 4.78 is 1.76. The summed E-state index contributed by atoms with van der Waals surface area (Å²) in [5, 5.41) is 0.781. The number of hydrogen-bond donors (Lipinski definition) is 0. The van der Waals surface area contributed by atoms with E-state index in [9.17, 15) is 4.79 Å². The van der Waals surface area contributed by atoms with Gasteiger partial charge in [-0.2, -0.15) is 0 Å². The molecule has 0 amide bonds. The standard InChI is InChI=1S/C19H22N2OS/c1-5-11-21-17(22)15-16(20-18(21)23-6-2)14-10-8-7-9-13(14)12-19(15,3)4/h5,7-10H,1,6,11-12H2,2-4H3. The van der Waals surface area contributed by atoms with E-state index in [1.165, 1.54) is 5.56 Å². The molecule has 0 atom stereocenters. The summed E-state index contributed by atoms with van der Waals surface area (Å²) >= 11 is 1.61. The van der Waals surface area contributed by atoms with E-state index in [0.717, 1.165) is 34.2 Å². The summed E-state index contributed by atoms with van der Waals surface area (Å²) in [4.78, 5) is 18.1. The second-order valence-electron chi connectivity index (χ2n) is 6.47. The quantitative estimate of drug-likeness (QED) is 0.483. The molecule has 1 aliphatic carbocycles. The highest BCUT2D eigenvalue weighted by Crippen LogP contribution is 2.40. The number of rotatable bonds is 4. The summed E-state index contributed by atoms with van der Waals surface area (Å²) in [6.45, 7) is 10.6. The Morgan fingerprint density at radius 3 is 2.83 bits per heavy atom. The van der Waals surface area contributed by atoms with Crippen LogP contribution in [-0.4, -0.2) is 15.3 Å². The number of thioether (sulfide) groups is 1. The lowest BCUT2D eigenvalue weighted by molar-refractivity contribution is 0.490. The Kier molecular flexibility index (Phi) is 4.19. The van der Waals surface area contributed by atoms with Crippen molar-refractivity contribution in [2.75, 3.05) is 5.75 Å². The monoisotopic (exact) mass is 326 g/mol. The molecule has 120 valence electrons. The van der Waals surface area contributed by atoms with Gasteiger partial charge in [0.2, 0.25) is 0 Å². The molecule has 0 radical (unpaired) electrons. The first-order chi connectivity index (χ1) is 11.0. The fourth-order valence-electron chi connectivity index (χ4n) is 3.34. The molecule has 2 aromatic rings. The van der Waals surface area contributed by atoms with E-state index in [2.05, 4.69) is 45.5 Å². The number of allylic oxidation sites excluding steroid dienone is 1. The average molecular weight is 326 g/mol. The average Bonchev–Trinajstić information content (AvgIpc) is 2.50. The molecule has 0 aliphatic heterocycles. The summed E-state index contributed by atoms with van der Waals surface area (Å²) in [6, 6.07) is 8.29. The Bertz CT molecular complexity index is 821. The highest BCUT2D eigenvalue weighted by molar-refractivity contribution is 7.99. The van der Waals surface area contributed by atoms with Crippen LogP contribution in [0.3, 0.4) is 0 Å². The van der Waals surface area contributed by atoms with Gasteiger partial charge in [0, 0.05) is 23.1 Å². The van der Waals surface area contributed by atoms with E-state index in [4.69, 9.17) is 4.98 Å². The molecule has 1 heterocycles. The molecule has 3 nitrogen and oxygen atoms in total. The van der Waals surface area contributed by atoms with E-state index >= 15 is 0 Å². The maximum Gasteiger partial charge on any atom is 0.258 e. The van der Waals surface area contributed by atoms with Crippen LogP contribution in [0, 0.1) is 0 Å². The highest BCUT2D eigenvalue weighted by atomic mass is 32.2. The Balaban J connectivity index is 2.36. The number of benzene rings is 1. The minimum atomic E-state index is -0.216. The second kappa shape index (κ2) is 6.00. The number of nitrogens with zero attached hydrogens (tertiary/aromatic N) is 2. The number of fused-ring (bicyclic) bond motifs is 3. The lowest BCUT2D eigenvalue weighted by Crippen LogP contribution is -2.38. The van der Waals surface area contributed by atoms with Gasteiger partial charge in [-0.05, 0) is 17.7 Å². The maximum atomic E-state index is 13.2. The number of hydrogen-bond acceptors (Lipinski definition) is 3. The Labute approximate surface area is 141 Å². The predicted molar refractivity (Wildman–Crippen MR) is 97.3 cm³/mol. The minimum absolute atomic E-state index is 0.0744. The van der Waals surface area contributed by atoms with Gasteiger partial charge < -0.3 is 0 Å². The van der Waals surface area contributed by atoms with Crippen LogP contribution in [0.25, 0.3) is 11.3 Å². The third kappa shape index (κ3) is 2.65. The van der Waals surface area contributed by atoms with Crippen LogP contribution >= 0.6 is 11.8 Å². The molecule has 1 aromatic heterocycles. The van der Waals surface area contributed by atoms with Crippen molar-refractivity contribution < 1.29 is 0 Å². The highest BCUT2D eigenvalue weighted by Gasteiger charge is 2.35. The van der Waals surface area contributed by atoms with Gasteiger partial charge in [0.25, 0.3) is 5.56 Å². The van der Waals surface area contributed by atoms with Crippen molar-refractivity contribution in [3.05, 3.63) is 58.4 Å². The first-order valence-corrected chi connectivity index (χ1v) is 8.95.